The van der Waals surface area contributed by atoms with Crippen molar-refractivity contribution >= 4 is 45.4 Å². The molecular weight excluding hydrogens is 400 g/mol. The first-order valence-corrected chi connectivity index (χ1v) is 10.0. The average molecular weight is 421 g/mol. The van der Waals surface area contributed by atoms with Crippen molar-refractivity contribution in [3.8, 4) is 17.2 Å². The van der Waals surface area contributed by atoms with E-state index in [-0.39, 0.29) is 5.91 Å². The summed E-state index contributed by atoms with van der Waals surface area (Å²) in [5, 5.41) is 9.90. The summed E-state index contributed by atoms with van der Waals surface area (Å²) in [5.41, 5.74) is 0.708. The van der Waals surface area contributed by atoms with Crippen molar-refractivity contribution in [2.45, 2.75) is 13.8 Å². The van der Waals surface area contributed by atoms with Crippen LogP contribution < -0.4 is 14.2 Å². The Labute approximate surface area is 171 Å². The minimum atomic E-state index is -0.121. The number of aromatic nitrogens is 2. The summed E-state index contributed by atoms with van der Waals surface area (Å²) >= 11 is 2.67. The molecule has 1 amide bonds. The summed E-state index contributed by atoms with van der Waals surface area (Å²) in [7, 11) is 4.65. The Bertz CT molecular complexity index is 955. The number of carbonyl (C=O) groups excluding carboxylic acids is 1. The van der Waals surface area contributed by atoms with Gasteiger partial charge in [-0.2, -0.15) is 4.99 Å². The van der Waals surface area contributed by atoms with Gasteiger partial charge in [0.05, 0.1) is 26.2 Å². The third-order valence-electron chi connectivity index (χ3n) is 3.93. The average Bonchev–Trinajstić information content (AvgIpc) is 3.23. The zero-order chi connectivity index (χ0) is 20.3. The predicted molar refractivity (Wildman–Crippen MR) is 111 cm³/mol. The molecule has 2 heterocycles. The van der Waals surface area contributed by atoms with Gasteiger partial charge in [-0.3, -0.25) is 9.69 Å². The first-order chi connectivity index (χ1) is 13.5. The van der Waals surface area contributed by atoms with Gasteiger partial charge in [0.15, 0.2) is 16.7 Å². The maximum Gasteiger partial charge on any atom is 0.266 e. The van der Waals surface area contributed by atoms with Gasteiger partial charge in [-0.1, -0.05) is 11.3 Å². The Morgan fingerprint density at radius 1 is 1.14 bits per heavy atom. The third kappa shape index (κ3) is 3.83. The third-order valence-corrected chi connectivity index (χ3v) is 5.67. The SMILES string of the molecule is CCN1C(=O)/C(=C/c2ccc(OC)c(OC)c2OC)S/C1=N/c1nnc(C)s1. The fraction of sp³-hybridized carbons (Fsp3) is 0.333. The van der Waals surface area contributed by atoms with Crippen LogP contribution in [0.15, 0.2) is 22.0 Å². The number of benzene rings is 1. The number of amides is 1. The van der Waals surface area contributed by atoms with Crippen LogP contribution in [0.3, 0.4) is 0 Å². The number of nitrogens with zero attached hydrogens (tertiary/aromatic N) is 4. The van der Waals surface area contributed by atoms with Crippen LogP contribution in [-0.4, -0.2) is 54.0 Å². The van der Waals surface area contributed by atoms with Crippen molar-refractivity contribution in [3.63, 3.8) is 0 Å². The van der Waals surface area contributed by atoms with E-state index in [4.69, 9.17) is 14.2 Å². The highest BCUT2D eigenvalue weighted by atomic mass is 32.2. The van der Waals surface area contributed by atoms with Gasteiger partial charge in [-0.25, -0.2) is 0 Å². The Balaban J connectivity index is 2.01. The fourth-order valence-corrected chi connectivity index (χ4v) is 4.31. The minimum absolute atomic E-state index is 0.121. The topological polar surface area (TPSA) is 86.1 Å². The molecule has 1 aromatic carbocycles. The van der Waals surface area contributed by atoms with Crippen molar-refractivity contribution in [2.75, 3.05) is 27.9 Å². The highest BCUT2D eigenvalue weighted by Gasteiger charge is 2.33. The second-order valence-electron chi connectivity index (χ2n) is 5.58. The molecular formula is C18H20N4O4S2. The van der Waals surface area contributed by atoms with Crippen LogP contribution in [0.1, 0.15) is 17.5 Å². The van der Waals surface area contributed by atoms with E-state index in [1.807, 2.05) is 19.9 Å². The molecule has 148 valence electrons. The lowest BCUT2D eigenvalue weighted by atomic mass is 10.1. The van der Waals surface area contributed by atoms with Crippen LogP contribution in [0.5, 0.6) is 17.2 Å². The van der Waals surface area contributed by atoms with Gasteiger partial charge in [0.1, 0.15) is 5.01 Å². The fourth-order valence-electron chi connectivity index (χ4n) is 2.66. The molecule has 0 unspecified atom stereocenters. The smallest absolute Gasteiger partial charge is 0.266 e. The molecule has 0 atom stereocenters. The molecule has 1 aliphatic heterocycles. The number of likely N-dealkylation sites (N-methyl/N-ethyl adjacent to an activating group) is 1. The second kappa shape index (κ2) is 8.61. The number of thioether (sulfide) groups is 1. The normalized spacial score (nSPS) is 16.9. The van der Waals surface area contributed by atoms with Crippen molar-refractivity contribution in [2.24, 2.45) is 4.99 Å². The van der Waals surface area contributed by atoms with Gasteiger partial charge in [-0.15, -0.1) is 10.2 Å². The highest BCUT2D eigenvalue weighted by Crippen LogP contribution is 2.42. The Kier molecular flexibility index (Phi) is 6.20. The summed E-state index contributed by atoms with van der Waals surface area (Å²) in [6.07, 6.45) is 1.77. The Morgan fingerprint density at radius 2 is 1.89 bits per heavy atom. The number of hydrogen-bond acceptors (Lipinski definition) is 9. The molecule has 0 saturated carbocycles. The molecule has 0 bridgehead atoms. The summed E-state index contributed by atoms with van der Waals surface area (Å²) in [4.78, 5) is 19.5. The quantitative estimate of drug-likeness (QED) is 0.661. The molecule has 28 heavy (non-hydrogen) atoms. The van der Waals surface area contributed by atoms with E-state index in [0.717, 1.165) is 5.01 Å². The van der Waals surface area contributed by atoms with E-state index < -0.39 is 0 Å². The number of ether oxygens (including phenoxy) is 3. The predicted octanol–water partition coefficient (Wildman–Crippen LogP) is 3.50. The second-order valence-corrected chi connectivity index (χ2v) is 7.75. The first-order valence-electron chi connectivity index (χ1n) is 8.41. The summed E-state index contributed by atoms with van der Waals surface area (Å²) < 4.78 is 16.2. The van der Waals surface area contributed by atoms with Crippen LogP contribution in [0.2, 0.25) is 0 Å². The molecule has 0 radical (unpaired) electrons. The minimum Gasteiger partial charge on any atom is -0.493 e. The summed E-state index contributed by atoms with van der Waals surface area (Å²) in [6, 6.07) is 3.59. The van der Waals surface area contributed by atoms with Crippen molar-refractivity contribution in [3.05, 3.63) is 27.6 Å². The molecule has 1 aromatic heterocycles. The summed E-state index contributed by atoms with van der Waals surface area (Å²) in [5.74, 6) is 1.40. The van der Waals surface area contributed by atoms with Crippen molar-refractivity contribution in [1.29, 1.82) is 0 Å². The van der Waals surface area contributed by atoms with Gasteiger partial charge in [0.25, 0.3) is 5.91 Å². The number of hydrogen-bond donors (Lipinski definition) is 0. The first kappa shape index (κ1) is 20.2. The van der Waals surface area contributed by atoms with Crippen molar-refractivity contribution in [1.82, 2.24) is 15.1 Å². The Morgan fingerprint density at radius 3 is 2.46 bits per heavy atom. The van der Waals surface area contributed by atoms with Gasteiger partial charge in [0.2, 0.25) is 10.9 Å². The van der Waals surface area contributed by atoms with E-state index in [1.54, 1.807) is 38.4 Å². The molecule has 10 heteroatoms. The molecule has 2 aromatic rings. The van der Waals surface area contributed by atoms with E-state index in [1.165, 1.54) is 23.1 Å². The number of aliphatic imine (C=N–C) groups is 1. The van der Waals surface area contributed by atoms with Crippen molar-refractivity contribution < 1.29 is 19.0 Å². The van der Waals surface area contributed by atoms with E-state index in [9.17, 15) is 4.79 Å². The zero-order valence-corrected chi connectivity index (χ0v) is 17.8. The molecule has 8 nitrogen and oxygen atoms in total. The lowest BCUT2D eigenvalue weighted by Gasteiger charge is -2.14. The maximum atomic E-state index is 12.9. The molecule has 0 N–H and O–H groups in total. The number of carbonyl (C=O) groups is 1. The molecule has 3 rings (SSSR count). The monoisotopic (exact) mass is 420 g/mol. The maximum absolute atomic E-state index is 12.9. The van der Waals surface area contributed by atoms with Gasteiger partial charge >= 0.3 is 0 Å². The number of rotatable bonds is 6. The van der Waals surface area contributed by atoms with Crippen LogP contribution >= 0.6 is 23.1 Å². The van der Waals surface area contributed by atoms with E-state index in [2.05, 4.69) is 15.2 Å². The van der Waals surface area contributed by atoms with E-state index in [0.29, 0.717) is 44.6 Å². The van der Waals surface area contributed by atoms with Gasteiger partial charge < -0.3 is 14.2 Å². The Hall–Kier alpha value is -2.59. The number of amidine groups is 1. The van der Waals surface area contributed by atoms with Gasteiger partial charge in [-0.05, 0) is 43.8 Å². The van der Waals surface area contributed by atoms with Crippen LogP contribution in [0.4, 0.5) is 5.13 Å². The largest absolute Gasteiger partial charge is 0.493 e. The highest BCUT2D eigenvalue weighted by molar-refractivity contribution is 8.18. The molecule has 0 aliphatic carbocycles. The van der Waals surface area contributed by atoms with Crippen LogP contribution in [0.25, 0.3) is 6.08 Å². The molecule has 1 saturated heterocycles. The molecule has 0 spiro atoms. The van der Waals surface area contributed by atoms with Crippen LogP contribution in [-0.2, 0) is 4.79 Å². The van der Waals surface area contributed by atoms with E-state index >= 15 is 0 Å². The molecule has 1 fully saturated rings. The molecule has 1 aliphatic rings. The van der Waals surface area contributed by atoms with Crippen LogP contribution in [0, 0.1) is 6.92 Å². The number of aryl methyl sites for hydroxylation is 1. The standard InChI is InChI=1S/C18H20N4O4S2/c1-6-22-16(23)13(28-18(22)19-17-21-20-10(2)27-17)9-11-7-8-12(24-3)15(26-5)14(11)25-4/h7-9H,6H2,1-5H3/b13-9-,19-18+. The number of methoxy groups -OCH3 is 3. The summed E-state index contributed by atoms with van der Waals surface area (Å²) in [6.45, 7) is 4.27. The van der Waals surface area contributed by atoms with Gasteiger partial charge in [0, 0.05) is 12.1 Å². The zero-order valence-electron chi connectivity index (χ0n) is 16.2. The lowest BCUT2D eigenvalue weighted by Crippen LogP contribution is -2.28. The lowest BCUT2D eigenvalue weighted by molar-refractivity contribution is -0.122.